The predicted octanol–water partition coefficient (Wildman–Crippen LogP) is 4.67. The zero-order valence-electron chi connectivity index (χ0n) is 16.8. The first-order chi connectivity index (χ1) is 14.8. The van der Waals surface area contributed by atoms with Crippen molar-refractivity contribution in [1.29, 1.82) is 0 Å². The van der Waals surface area contributed by atoms with Gasteiger partial charge in [-0.3, -0.25) is 0 Å². The van der Waals surface area contributed by atoms with Crippen molar-refractivity contribution in [1.82, 2.24) is 28.7 Å². The van der Waals surface area contributed by atoms with Crippen LogP contribution in [0.2, 0.25) is 0 Å². The van der Waals surface area contributed by atoms with Gasteiger partial charge in [-0.05, 0) is 18.6 Å². The van der Waals surface area contributed by atoms with Gasteiger partial charge in [0, 0.05) is 36.9 Å². The third kappa shape index (κ3) is 3.22. The molecule has 6 nitrogen and oxygen atoms in total. The molecule has 0 N–H and O–H groups in total. The minimum atomic E-state index is 0.681. The summed E-state index contributed by atoms with van der Waals surface area (Å²) >= 11 is 0. The molecular formula is C24H22N6. The zero-order valence-corrected chi connectivity index (χ0v) is 16.8. The highest BCUT2D eigenvalue weighted by molar-refractivity contribution is 5.75. The SMILES string of the molecule is CCn1ccnc1-c1c(-c2ccccc2)ncn1Cc1ccccc1-n1ccnc1. The van der Waals surface area contributed by atoms with Gasteiger partial charge in [-0.15, -0.1) is 0 Å². The Morgan fingerprint density at radius 3 is 2.43 bits per heavy atom. The molecule has 0 aliphatic carbocycles. The first-order valence-corrected chi connectivity index (χ1v) is 10.0. The second-order valence-corrected chi connectivity index (χ2v) is 7.07. The topological polar surface area (TPSA) is 53.5 Å². The van der Waals surface area contributed by atoms with Crippen LogP contribution in [-0.4, -0.2) is 28.7 Å². The molecule has 0 saturated carbocycles. The van der Waals surface area contributed by atoms with Gasteiger partial charge in [0.1, 0.15) is 5.69 Å². The van der Waals surface area contributed by atoms with Gasteiger partial charge in [-0.25, -0.2) is 15.0 Å². The van der Waals surface area contributed by atoms with Crippen molar-refractivity contribution in [2.24, 2.45) is 0 Å². The van der Waals surface area contributed by atoms with Gasteiger partial charge < -0.3 is 13.7 Å². The molecule has 0 bridgehead atoms. The molecule has 0 fully saturated rings. The third-order valence-electron chi connectivity index (χ3n) is 5.27. The normalized spacial score (nSPS) is 11.1. The van der Waals surface area contributed by atoms with Crippen molar-refractivity contribution in [2.75, 3.05) is 0 Å². The first-order valence-electron chi connectivity index (χ1n) is 10.0. The van der Waals surface area contributed by atoms with E-state index in [1.807, 2.05) is 60.1 Å². The van der Waals surface area contributed by atoms with Gasteiger partial charge in [0.2, 0.25) is 0 Å². The van der Waals surface area contributed by atoms with Crippen LogP contribution < -0.4 is 0 Å². The summed E-state index contributed by atoms with van der Waals surface area (Å²) in [4.78, 5) is 13.7. The Labute approximate surface area is 175 Å². The van der Waals surface area contributed by atoms with Crippen LogP contribution in [0.3, 0.4) is 0 Å². The smallest absolute Gasteiger partial charge is 0.158 e. The molecule has 3 heterocycles. The molecule has 2 aromatic carbocycles. The van der Waals surface area contributed by atoms with E-state index in [4.69, 9.17) is 4.98 Å². The van der Waals surface area contributed by atoms with Crippen molar-refractivity contribution in [3.8, 4) is 28.5 Å². The lowest BCUT2D eigenvalue weighted by Crippen LogP contribution is -2.07. The summed E-state index contributed by atoms with van der Waals surface area (Å²) in [6.07, 6.45) is 11.4. The highest BCUT2D eigenvalue weighted by Crippen LogP contribution is 2.31. The lowest BCUT2D eigenvalue weighted by Gasteiger charge is -2.14. The van der Waals surface area contributed by atoms with Gasteiger partial charge in [-0.2, -0.15) is 0 Å². The Kier molecular flexibility index (Phi) is 4.73. The molecule has 0 radical (unpaired) electrons. The molecule has 0 unspecified atom stereocenters. The molecule has 6 heteroatoms. The summed E-state index contributed by atoms with van der Waals surface area (Å²) in [6, 6.07) is 18.7. The maximum Gasteiger partial charge on any atom is 0.158 e. The summed E-state index contributed by atoms with van der Waals surface area (Å²) < 4.78 is 6.38. The summed E-state index contributed by atoms with van der Waals surface area (Å²) in [5.74, 6) is 0.925. The van der Waals surface area contributed by atoms with Crippen LogP contribution in [0.1, 0.15) is 12.5 Å². The average molecular weight is 394 g/mol. The predicted molar refractivity (Wildman–Crippen MR) is 117 cm³/mol. The summed E-state index contributed by atoms with van der Waals surface area (Å²) in [5, 5.41) is 0. The molecule has 3 aromatic heterocycles. The molecule has 0 saturated heterocycles. The van der Waals surface area contributed by atoms with E-state index in [0.29, 0.717) is 6.54 Å². The molecular weight excluding hydrogens is 372 g/mol. The van der Waals surface area contributed by atoms with Crippen LogP contribution in [0, 0.1) is 0 Å². The Morgan fingerprint density at radius 1 is 0.800 bits per heavy atom. The molecule has 0 atom stereocenters. The number of aryl methyl sites for hydroxylation is 1. The highest BCUT2D eigenvalue weighted by Gasteiger charge is 2.19. The molecule has 0 aliphatic heterocycles. The van der Waals surface area contributed by atoms with Crippen LogP contribution in [-0.2, 0) is 13.1 Å². The van der Waals surface area contributed by atoms with Gasteiger partial charge in [0.15, 0.2) is 5.82 Å². The van der Waals surface area contributed by atoms with E-state index < -0.39 is 0 Å². The van der Waals surface area contributed by atoms with Crippen molar-refractivity contribution in [2.45, 2.75) is 20.0 Å². The van der Waals surface area contributed by atoms with Crippen molar-refractivity contribution < 1.29 is 0 Å². The van der Waals surface area contributed by atoms with Gasteiger partial charge >= 0.3 is 0 Å². The second-order valence-electron chi connectivity index (χ2n) is 7.07. The molecule has 0 amide bonds. The third-order valence-corrected chi connectivity index (χ3v) is 5.27. The van der Waals surface area contributed by atoms with E-state index in [-0.39, 0.29) is 0 Å². The van der Waals surface area contributed by atoms with Crippen LogP contribution in [0.15, 0.2) is 92.0 Å². The highest BCUT2D eigenvalue weighted by atomic mass is 15.1. The van der Waals surface area contributed by atoms with Crippen molar-refractivity contribution in [3.63, 3.8) is 0 Å². The lowest BCUT2D eigenvalue weighted by atomic mass is 10.1. The number of nitrogens with zero attached hydrogens (tertiary/aromatic N) is 6. The minimum absolute atomic E-state index is 0.681. The fourth-order valence-electron chi connectivity index (χ4n) is 3.81. The van der Waals surface area contributed by atoms with Gasteiger partial charge in [-0.1, -0.05) is 48.5 Å². The largest absolute Gasteiger partial charge is 0.330 e. The minimum Gasteiger partial charge on any atom is -0.330 e. The molecule has 0 spiro atoms. The number of rotatable bonds is 6. The molecule has 5 rings (SSSR count). The van der Waals surface area contributed by atoms with Crippen LogP contribution in [0.25, 0.3) is 28.5 Å². The van der Waals surface area contributed by atoms with Crippen LogP contribution in [0.4, 0.5) is 0 Å². The number of benzene rings is 2. The van der Waals surface area contributed by atoms with E-state index in [0.717, 1.165) is 35.0 Å². The van der Waals surface area contributed by atoms with E-state index in [9.17, 15) is 0 Å². The summed E-state index contributed by atoms with van der Waals surface area (Å²) in [7, 11) is 0. The van der Waals surface area contributed by atoms with E-state index in [1.54, 1.807) is 6.20 Å². The first kappa shape index (κ1) is 18.1. The lowest BCUT2D eigenvalue weighted by molar-refractivity contribution is 0.743. The Morgan fingerprint density at radius 2 is 1.63 bits per heavy atom. The maximum absolute atomic E-state index is 4.80. The number of imidazole rings is 3. The Balaban J connectivity index is 1.65. The number of hydrogen-bond acceptors (Lipinski definition) is 3. The number of para-hydroxylation sites is 1. The zero-order chi connectivity index (χ0) is 20.3. The number of aromatic nitrogens is 6. The van der Waals surface area contributed by atoms with Gasteiger partial charge in [0.05, 0.1) is 30.6 Å². The van der Waals surface area contributed by atoms with E-state index >= 15 is 0 Å². The van der Waals surface area contributed by atoms with Crippen molar-refractivity contribution in [3.05, 3.63) is 97.6 Å². The van der Waals surface area contributed by atoms with Crippen LogP contribution >= 0.6 is 0 Å². The Bertz CT molecular complexity index is 1250. The monoisotopic (exact) mass is 394 g/mol. The summed E-state index contributed by atoms with van der Waals surface area (Å²) in [6.45, 7) is 3.66. The fraction of sp³-hybridized carbons (Fsp3) is 0.125. The molecule has 30 heavy (non-hydrogen) atoms. The molecule has 148 valence electrons. The fourth-order valence-corrected chi connectivity index (χ4v) is 3.81. The van der Waals surface area contributed by atoms with E-state index in [1.165, 1.54) is 5.56 Å². The Hall–Kier alpha value is -3.93. The maximum atomic E-state index is 4.80. The average Bonchev–Trinajstić information content (AvgIpc) is 3.55. The van der Waals surface area contributed by atoms with Gasteiger partial charge in [0.25, 0.3) is 0 Å². The van der Waals surface area contributed by atoms with Crippen molar-refractivity contribution >= 4 is 0 Å². The molecule has 5 aromatic rings. The summed E-state index contributed by atoms with van der Waals surface area (Å²) in [5.41, 5.74) is 5.34. The van der Waals surface area contributed by atoms with E-state index in [2.05, 4.69) is 56.4 Å². The second kappa shape index (κ2) is 7.83. The number of hydrogen-bond donors (Lipinski definition) is 0. The quantitative estimate of drug-likeness (QED) is 0.421. The standard InChI is InChI=1S/C24H22N6/c1-2-28-15-13-26-24(28)23-22(19-8-4-3-5-9-19)27-18-30(23)16-20-10-6-7-11-21(20)29-14-12-25-17-29/h3-15,17-18H,2,16H2,1H3. The molecule has 0 aliphatic rings. The van der Waals surface area contributed by atoms with Crippen LogP contribution in [0.5, 0.6) is 0 Å².